The summed E-state index contributed by atoms with van der Waals surface area (Å²) in [5, 5.41) is 3.39. The van der Waals surface area contributed by atoms with Crippen molar-refractivity contribution in [3.05, 3.63) is 48.5 Å². The van der Waals surface area contributed by atoms with Crippen molar-refractivity contribution >= 4 is 15.7 Å². The molecule has 0 radical (unpaired) electrons. The quantitative estimate of drug-likeness (QED) is 0.714. The molecule has 150 valence electrons. The maximum absolute atomic E-state index is 12.9. The summed E-state index contributed by atoms with van der Waals surface area (Å²) in [5.41, 5.74) is -0.842. The van der Waals surface area contributed by atoms with Gasteiger partial charge in [-0.15, -0.1) is 0 Å². The average molecular weight is 409 g/mol. The Morgan fingerprint density at radius 1 is 1.32 bits per heavy atom. The molecule has 2 aliphatic heterocycles. The van der Waals surface area contributed by atoms with Gasteiger partial charge in [0, 0.05) is 12.4 Å². The maximum Gasteiger partial charge on any atom is 0.260 e. The minimum atomic E-state index is -3.37. The number of halogens is 1. The van der Waals surface area contributed by atoms with E-state index in [0.29, 0.717) is 5.75 Å². The van der Waals surface area contributed by atoms with E-state index in [4.69, 9.17) is 9.47 Å². The first-order valence-electron chi connectivity index (χ1n) is 8.84. The number of carbonyl (C=O) groups excluding carboxylic acids is 1. The fourth-order valence-electron chi connectivity index (χ4n) is 3.46. The number of likely N-dealkylation sites (tertiary alicyclic amines) is 1. The molecule has 0 saturated carbocycles. The predicted molar refractivity (Wildman–Crippen MR) is 97.0 cm³/mol. The highest BCUT2D eigenvalue weighted by atomic mass is 32.2. The second kappa shape index (κ2) is 7.17. The van der Waals surface area contributed by atoms with Crippen LogP contribution in [0.15, 0.2) is 42.7 Å². The number of ether oxygens (including phenoxy) is 2. The highest BCUT2D eigenvalue weighted by Crippen LogP contribution is 2.33. The number of aromatic nitrogens is 2. The lowest BCUT2D eigenvalue weighted by Crippen LogP contribution is -2.71. The molecule has 1 atom stereocenters. The van der Waals surface area contributed by atoms with Gasteiger partial charge in [-0.2, -0.15) is 5.10 Å². The van der Waals surface area contributed by atoms with Gasteiger partial charge in [-0.05, 0) is 30.3 Å². The number of amides is 1. The second-order valence-corrected chi connectivity index (χ2v) is 9.42. The van der Waals surface area contributed by atoms with Crippen LogP contribution >= 0.6 is 0 Å². The van der Waals surface area contributed by atoms with Gasteiger partial charge in [-0.1, -0.05) is 0 Å². The van der Waals surface area contributed by atoms with Gasteiger partial charge in [-0.3, -0.25) is 9.48 Å². The first kappa shape index (κ1) is 18.9. The Labute approximate surface area is 161 Å². The first-order valence-corrected chi connectivity index (χ1v) is 10.6. The predicted octanol–water partition coefficient (Wildman–Crippen LogP) is 0.496. The molecule has 2 fully saturated rings. The van der Waals surface area contributed by atoms with Crippen LogP contribution in [0.4, 0.5) is 4.39 Å². The zero-order valence-corrected chi connectivity index (χ0v) is 15.8. The van der Waals surface area contributed by atoms with Crippen molar-refractivity contribution in [3.8, 4) is 5.75 Å². The van der Waals surface area contributed by atoms with Crippen molar-refractivity contribution in [2.24, 2.45) is 0 Å². The third kappa shape index (κ3) is 3.88. The summed E-state index contributed by atoms with van der Waals surface area (Å²) in [6.45, 7) is 0.560. The van der Waals surface area contributed by atoms with Gasteiger partial charge in [0.1, 0.15) is 22.4 Å². The zero-order valence-electron chi connectivity index (χ0n) is 15.0. The third-order valence-electron chi connectivity index (χ3n) is 4.98. The molecule has 2 aliphatic rings. The molecule has 4 rings (SSSR count). The van der Waals surface area contributed by atoms with Crippen LogP contribution in [0.1, 0.15) is 0 Å². The van der Waals surface area contributed by atoms with E-state index in [9.17, 15) is 17.6 Å². The molecule has 0 aliphatic carbocycles. The van der Waals surface area contributed by atoms with Crippen molar-refractivity contribution in [1.82, 2.24) is 14.7 Å². The SMILES string of the molecule is O=C(COc1ccc(F)cc1)N1CC2(C1)CS(=O)(=O)[C@@H](Cn1cccn1)CO2. The Morgan fingerprint density at radius 3 is 2.71 bits per heavy atom. The molecule has 2 saturated heterocycles. The third-order valence-corrected chi connectivity index (χ3v) is 7.21. The van der Waals surface area contributed by atoms with Crippen molar-refractivity contribution in [1.29, 1.82) is 0 Å². The summed E-state index contributed by atoms with van der Waals surface area (Å²) in [6, 6.07) is 7.12. The first-order chi connectivity index (χ1) is 13.4. The van der Waals surface area contributed by atoms with Crippen LogP contribution in [-0.4, -0.2) is 71.9 Å². The Balaban J connectivity index is 1.29. The number of rotatable bonds is 5. The lowest BCUT2D eigenvalue weighted by molar-refractivity contribution is -0.167. The highest BCUT2D eigenvalue weighted by Gasteiger charge is 2.53. The molecule has 8 nitrogen and oxygen atoms in total. The van der Waals surface area contributed by atoms with Crippen LogP contribution in [0.3, 0.4) is 0 Å². The van der Waals surface area contributed by atoms with Crippen molar-refractivity contribution in [2.75, 3.05) is 32.1 Å². The summed E-state index contributed by atoms with van der Waals surface area (Å²) in [6.07, 6.45) is 3.31. The number of carbonyl (C=O) groups is 1. The zero-order chi connectivity index (χ0) is 19.8. The molecule has 2 aromatic rings. The van der Waals surface area contributed by atoms with Crippen molar-refractivity contribution in [2.45, 2.75) is 17.4 Å². The van der Waals surface area contributed by atoms with Gasteiger partial charge in [0.2, 0.25) is 0 Å². The second-order valence-electron chi connectivity index (χ2n) is 7.14. The molecule has 28 heavy (non-hydrogen) atoms. The molecule has 1 aromatic carbocycles. The number of hydrogen-bond donors (Lipinski definition) is 0. The fraction of sp³-hybridized carbons (Fsp3) is 0.444. The summed E-state index contributed by atoms with van der Waals surface area (Å²) < 4.78 is 51.0. The standard InChI is InChI=1S/C18H20FN3O5S/c19-14-2-4-15(5-3-14)26-10-17(23)21-11-18(12-21)13-28(24,25)16(9-27-18)8-22-7-1-6-20-22/h1-7,16H,8-13H2/t16-/m0/s1. The minimum absolute atomic E-state index is 0.0797. The van der Waals surface area contributed by atoms with Gasteiger partial charge in [-0.25, -0.2) is 12.8 Å². The highest BCUT2D eigenvalue weighted by molar-refractivity contribution is 7.92. The Morgan fingerprint density at radius 2 is 2.07 bits per heavy atom. The summed E-state index contributed by atoms with van der Waals surface area (Å²) in [5.74, 6) is -0.378. The normalized spacial score (nSPS) is 22.6. The number of benzene rings is 1. The number of hydrogen-bond acceptors (Lipinski definition) is 6. The van der Waals surface area contributed by atoms with E-state index in [1.165, 1.54) is 29.2 Å². The Hall–Kier alpha value is -2.46. The van der Waals surface area contributed by atoms with E-state index >= 15 is 0 Å². The molecule has 10 heteroatoms. The molecule has 0 unspecified atom stereocenters. The van der Waals surface area contributed by atoms with Crippen molar-refractivity contribution in [3.63, 3.8) is 0 Å². The Kier molecular flexibility index (Phi) is 4.84. The molecule has 1 amide bonds. The van der Waals surface area contributed by atoms with Gasteiger partial charge >= 0.3 is 0 Å². The summed E-state index contributed by atoms with van der Waals surface area (Å²) >= 11 is 0. The molecule has 1 aromatic heterocycles. The molecule has 0 bridgehead atoms. The van der Waals surface area contributed by atoms with Crippen LogP contribution in [0, 0.1) is 5.82 Å². The lowest BCUT2D eigenvalue weighted by atomic mass is 9.95. The van der Waals surface area contributed by atoms with Crippen molar-refractivity contribution < 1.29 is 27.1 Å². The van der Waals surface area contributed by atoms with E-state index in [-0.39, 0.29) is 50.3 Å². The largest absolute Gasteiger partial charge is 0.484 e. The van der Waals surface area contributed by atoms with Crippen LogP contribution in [0.2, 0.25) is 0 Å². The molecular formula is C18H20FN3O5S. The van der Waals surface area contributed by atoms with Crippen LogP contribution in [-0.2, 0) is 25.9 Å². The van der Waals surface area contributed by atoms with E-state index in [1.807, 2.05) is 0 Å². The van der Waals surface area contributed by atoms with Gasteiger partial charge < -0.3 is 14.4 Å². The van der Waals surface area contributed by atoms with Gasteiger partial charge in [0.15, 0.2) is 16.4 Å². The van der Waals surface area contributed by atoms with E-state index in [1.54, 1.807) is 23.1 Å². The summed E-state index contributed by atoms with van der Waals surface area (Å²) in [7, 11) is -3.37. The monoisotopic (exact) mass is 409 g/mol. The Bertz CT molecular complexity index is 940. The van der Waals surface area contributed by atoms with Gasteiger partial charge in [0.25, 0.3) is 5.91 Å². The summed E-state index contributed by atoms with van der Waals surface area (Å²) in [4.78, 5) is 13.7. The average Bonchev–Trinajstić information content (AvgIpc) is 3.13. The van der Waals surface area contributed by atoms with Crippen LogP contribution < -0.4 is 4.74 Å². The van der Waals surface area contributed by atoms with Crippen LogP contribution in [0.5, 0.6) is 5.75 Å². The molecule has 0 N–H and O–H groups in total. The van der Waals surface area contributed by atoms with Gasteiger partial charge in [0.05, 0.1) is 32.0 Å². The van der Waals surface area contributed by atoms with E-state index in [0.717, 1.165) is 0 Å². The molecule has 3 heterocycles. The molecular weight excluding hydrogens is 389 g/mol. The molecule has 1 spiro atoms. The number of nitrogens with zero attached hydrogens (tertiary/aromatic N) is 3. The minimum Gasteiger partial charge on any atom is -0.484 e. The van der Waals surface area contributed by atoms with E-state index in [2.05, 4.69) is 5.10 Å². The lowest BCUT2D eigenvalue weighted by Gasteiger charge is -2.52. The van der Waals surface area contributed by atoms with Crippen LogP contribution in [0.25, 0.3) is 0 Å². The topological polar surface area (TPSA) is 90.7 Å². The fourth-order valence-corrected chi connectivity index (χ4v) is 5.35. The van der Waals surface area contributed by atoms with E-state index < -0.39 is 20.7 Å². The smallest absolute Gasteiger partial charge is 0.260 e. The maximum atomic E-state index is 12.9. The number of sulfone groups is 1.